The van der Waals surface area contributed by atoms with Crippen molar-refractivity contribution >= 4 is 12.3 Å². The number of aryl methyl sites for hydroxylation is 4. The lowest BCUT2D eigenvalue weighted by Gasteiger charge is -2.28. The number of aromatic hydroxyl groups is 1. The molecule has 0 aliphatic heterocycles. The predicted octanol–water partition coefficient (Wildman–Crippen LogP) is 10.4. The van der Waals surface area contributed by atoms with Crippen molar-refractivity contribution in [3.8, 4) is 28.7 Å². The van der Waals surface area contributed by atoms with Gasteiger partial charge in [0.25, 0.3) is 0 Å². The quantitative estimate of drug-likeness (QED) is 0.131. The van der Waals surface area contributed by atoms with Gasteiger partial charge in [-0.25, -0.2) is 9.59 Å². The summed E-state index contributed by atoms with van der Waals surface area (Å²) in [5.41, 5.74) is 6.58. The first-order chi connectivity index (χ1) is 23.1. The second-order valence-electron chi connectivity index (χ2n) is 13.4. The topological polar surface area (TPSA) is 91.3 Å². The van der Waals surface area contributed by atoms with Crippen LogP contribution < -0.4 is 18.9 Å². The Balaban J connectivity index is 1.24. The molecule has 7 heteroatoms. The van der Waals surface area contributed by atoms with Gasteiger partial charge in [-0.2, -0.15) is 0 Å². The Morgan fingerprint density at radius 3 is 1.18 bits per heavy atom. The molecule has 0 saturated carbocycles. The first kappa shape index (κ1) is 34.8. The highest BCUT2D eigenvalue weighted by Crippen LogP contribution is 2.38. The van der Waals surface area contributed by atoms with Crippen LogP contribution in [0.1, 0.15) is 72.2 Å². The number of phenolic OH excluding ortho intramolecular Hbond substituents is 1. The van der Waals surface area contributed by atoms with E-state index in [0.717, 1.165) is 44.5 Å². The highest BCUT2D eigenvalue weighted by molar-refractivity contribution is 5.69. The van der Waals surface area contributed by atoms with Crippen molar-refractivity contribution in [3.05, 3.63) is 148 Å². The Bertz CT molecular complexity index is 2010. The van der Waals surface area contributed by atoms with Crippen molar-refractivity contribution in [1.29, 1.82) is 0 Å². The molecule has 0 aromatic heterocycles. The number of para-hydroxylation sites is 1. The minimum atomic E-state index is -0.823. The molecule has 5 aromatic rings. The minimum Gasteiger partial charge on any atom is -0.508 e. The van der Waals surface area contributed by atoms with E-state index >= 15 is 0 Å². The molecule has 0 bridgehead atoms. The molecular weight excluding hydrogens is 616 g/mol. The van der Waals surface area contributed by atoms with E-state index in [-0.39, 0.29) is 11.2 Å². The van der Waals surface area contributed by atoms with Gasteiger partial charge in [0.15, 0.2) is 0 Å². The summed E-state index contributed by atoms with van der Waals surface area (Å²) in [4.78, 5) is 25.2. The van der Waals surface area contributed by atoms with E-state index < -0.39 is 17.7 Å². The lowest BCUT2D eigenvalue weighted by atomic mass is 9.77. The van der Waals surface area contributed by atoms with Gasteiger partial charge in [0.05, 0.1) is 0 Å². The number of carbonyl (C=O) groups excluding carboxylic acids is 2. The SMILES string of the molecule is Cc1cc(C(C)(C)c2ccc(OC(=O)Oc3ccc(C(C)(C)c4ccc(OC(=O)Oc5ccccc5)c(C)c4)cc3C)c(C)c2)ccc1O. The molecule has 0 amide bonds. The van der Waals surface area contributed by atoms with E-state index in [2.05, 4.69) is 27.7 Å². The smallest absolute Gasteiger partial charge is 0.508 e. The van der Waals surface area contributed by atoms with E-state index in [1.54, 1.807) is 48.5 Å². The van der Waals surface area contributed by atoms with Gasteiger partial charge in [0.2, 0.25) is 0 Å². The van der Waals surface area contributed by atoms with Crippen LogP contribution in [-0.2, 0) is 10.8 Å². The van der Waals surface area contributed by atoms with E-state index in [0.29, 0.717) is 23.0 Å². The summed E-state index contributed by atoms with van der Waals surface area (Å²) in [7, 11) is 0. The van der Waals surface area contributed by atoms with Gasteiger partial charge in [0.1, 0.15) is 28.7 Å². The van der Waals surface area contributed by atoms with Crippen LogP contribution in [0.2, 0.25) is 0 Å². The van der Waals surface area contributed by atoms with Crippen LogP contribution in [0.5, 0.6) is 28.7 Å². The lowest BCUT2D eigenvalue weighted by Crippen LogP contribution is -2.21. The molecule has 0 unspecified atom stereocenters. The predicted molar refractivity (Wildman–Crippen MR) is 190 cm³/mol. The Labute approximate surface area is 288 Å². The maximum absolute atomic E-state index is 12.9. The molecule has 5 rings (SSSR count). The summed E-state index contributed by atoms with van der Waals surface area (Å²) in [6.45, 7) is 16.0. The van der Waals surface area contributed by atoms with Crippen molar-refractivity contribution in [2.45, 2.75) is 66.2 Å². The van der Waals surface area contributed by atoms with Crippen LogP contribution in [0, 0.1) is 27.7 Å². The number of carbonyl (C=O) groups is 2. The van der Waals surface area contributed by atoms with Gasteiger partial charge in [0, 0.05) is 10.8 Å². The molecule has 0 heterocycles. The van der Waals surface area contributed by atoms with Crippen molar-refractivity contribution in [2.24, 2.45) is 0 Å². The largest absolute Gasteiger partial charge is 0.519 e. The fraction of sp³-hybridized carbons (Fsp3) is 0.238. The third-order valence-corrected chi connectivity index (χ3v) is 9.13. The van der Waals surface area contributed by atoms with E-state index in [9.17, 15) is 14.7 Å². The van der Waals surface area contributed by atoms with Crippen LogP contribution in [0.3, 0.4) is 0 Å². The highest BCUT2D eigenvalue weighted by Gasteiger charge is 2.27. The molecule has 0 fully saturated rings. The average Bonchev–Trinajstić information content (AvgIpc) is 3.05. The van der Waals surface area contributed by atoms with Crippen molar-refractivity contribution in [2.75, 3.05) is 0 Å². The van der Waals surface area contributed by atoms with Gasteiger partial charge in [-0.3, -0.25) is 0 Å². The van der Waals surface area contributed by atoms with Crippen LogP contribution in [0.4, 0.5) is 9.59 Å². The van der Waals surface area contributed by atoms with Crippen LogP contribution in [0.15, 0.2) is 103 Å². The van der Waals surface area contributed by atoms with Gasteiger partial charge in [-0.1, -0.05) is 94.4 Å². The number of ether oxygens (including phenoxy) is 4. The molecule has 5 aromatic carbocycles. The van der Waals surface area contributed by atoms with Crippen molar-refractivity contribution < 1.29 is 33.6 Å². The number of benzene rings is 5. The summed E-state index contributed by atoms with van der Waals surface area (Å²) < 4.78 is 22.0. The third-order valence-electron chi connectivity index (χ3n) is 9.13. The molecule has 0 aliphatic carbocycles. The fourth-order valence-corrected chi connectivity index (χ4v) is 5.73. The van der Waals surface area contributed by atoms with Gasteiger partial charge < -0.3 is 24.1 Å². The summed E-state index contributed by atoms with van der Waals surface area (Å²) in [6, 6.07) is 31.5. The molecule has 0 aliphatic rings. The standard InChI is InChI=1S/C42H42O7/c1-26-22-30(14-18-35(26)43)41(5,6)31-16-20-37(28(3)24-31)48-40(45)49-38-21-17-33(25-29(38)4)42(7,8)32-15-19-36(27(2)23-32)47-39(44)46-34-12-10-9-11-13-34/h9-25,43H,1-8H3. The zero-order chi connectivity index (χ0) is 35.5. The molecule has 252 valence electrons. The minimum absolute atomic E-state index is 0.267. The molecule has 1 N–H and O–H groups in total. The summed E-state index contributed by atoms with van der Waals surface area (Å²) in [6.07, 6.45) is -1.63. The highest BCUT2D eigenvalue weighted by atomic mass is 16.7. The molecular formula is C42H42O7. The summed E-state index contributed by atoms with van der Waals surface area (Å²) in [5.74, 6) is 1.91. The van der Waals surface area contributed by atoms with E-state index in [1.807, 2.05) is 82.3 Å². The van der Waals surface area contributed by atoms with Gasteiger partial charge >= 0.3 is 12.3 Å². The van der Waals surface area contributed by atoms with E-state index in [4.69, 9.17) is 18.9 Å². The number of rotatable bonds is 8. The number of phenols is 1. The molecule has 7 nitrogen and oxygen atoms in total. The van der Waals surface area contributed by atoms with Crippen molar-refractivity contribution in [3.63, 3.8) is 0 Å². The zero-order valence-electron chi connectivity index (χ0n) is 29.2. The number of hydrogen-bond acceptors (Lipinski definition) is 7. The second kappa shape index (κ2) is 13.9. The second-order valence-corrected chi connectivity index (χ2v) is 13.4. The number of hydrogen-bond donors (Lipinski definition) is 1. The van der Waals surface area contributed by atoms with E-state index in [1.165, 1.54) is 0 Å². The Hall–Kier alpha value is -5.56. The van der Waals surface area contributed by atoms with Gasteiger partial charge in [-0.15, -0.1) is 0 Å². The molecule has 0 spiro atoms. The van der Waals surface area contributed by atoms with Crippen LogP contribution in [-0.4, -0.2) is 17.4 Å². The molecule has 0 radical (unpaired) electrons. The van der Waals surface area contributed by atoms with Crippen LogP contribution >= 0.6 is 0 Å². The molecule has 49 heavy (non-hydrogen) atoms. The van der Waals surface area contributed by atoms with Crippen molar-refractivity contribution in [1.82, 2.24) is 0 Å². The monoisotopic (exact) mass is 658 g/mol. The lowest BCUT2D eigenvalue weighted by molar-refractivity contribution is 0.150. The molecule has 0 saturated heterocycles. The maximum Gasteiger partial charge on any atom is 0.519 e. The molecule has 0 atom stereocenters. The first-order valence-corrected chi connectivity index (χ1v) is 16.1. The Kier molecular flexibility index (Phi) is 9.85. The summed E-state index contributed by atoms with van der Waals surface area (Å²) >= 11 is 0. The maximum atomic E-state index is 12.9. The Morgan fingerprint density at radius 2 is 0.816 bits per heavy atom. The zero-order valence-corrected chi connectivity index (χ0v) is 29.2. The third kappa shape index (κ3) is 7.78. The Morgan fingerprint density at radius 1 is 0.469 bits per heavy atom. The first-order valence-electron chi connectivity index (χ1n) is 16.1. The van der Waals surface area contributed by atoms with Crippen LogP contribution in [0.25, 0.3) is 0 Å². The fourth-order valence-electron chi connectivity index (χ4n) is 5.73. The summed E-state index contributed by atoms with van der Waals surface area (Å²) in [5, 5.41) is 9.96. The average molecular weight is 659 g/mol. The van der Waals surface area contributed by atoms with Gasteiger partial charge in [-0.05, 0) is 109 Å². The normalized spacial score (nSPS) is 11.5.